The molecule has 0 bridgehead atoms. The van der Waals surface area contributed by atoms with Gasteiger partial charge in [-0.3, -0.25) is 4.57 Å². The van der Waals surface area contributed by atoms with Crippen LogP contribution in [0.5, 0.6) is 0 Å². The summed E-state index contributed by atoms with van der Waals surface area (Å²) < 4.78 is 21.6. The first kappa shape index (κ1) is 28.4. The molecule has 42 heavy (non-hydrogen) atoms. The molecule has 12 nitrogen and oxygen atoms in total. The van der Waals surface area contributed by atoms with Crippen LogP contribution in [0.15, 0.2) is 24.3 Å². The number of piperidine rings is 1. The van der Waals surface area contributed by atoms with Gasteiger partial charge < -0.3 is 28.6 Å². The summed E-state index contributed by atoms with van der Waals surface area (Å²) in [7, 11) is 3.70. The highest BCUT2D eigenvalue weighted by molar-refractivity contribution is 5.86. The lowest BCUT2D eigenvalue weighted by Gasteiger charge is -2.40. The van der Waals surface area contributed by atoms with Crippen molar-refractivity contribution in [2.24, 2.45) is 7.05 Å². The summed E-state index contributed by atoms with van der Waals surface area (Å²) in [6.45, 7) is 11.4. The largest absolute Gasteiger partial charge is 0.444 e. The number of methoxy groups -OCH3 is 1. The second-order valence-corrected chi connectivity index (χ2v) is 12.0. The Morgan fingerprint density at radius 3 is 2.40 bits per heavy atom. The van der Waals surface area contributed by atoms with Crippen molar-refractivity contribution in [1.29, 1.82) is 0 Å². The van der Waals surface area contributed by atoms with E-state index in [0.717, 1.165) is 46.1 Å². The van der Waals surface area contributed by atoms with Crippen molar-refractivity contribution in [3.8, 4) is 5.95 Å². The number of likely N-dealkylation sites (tertiary alicyclic amines) is 1. The molecule has 0 aliphatic carbocycles. The van der Waals surface area contributed by atoms with Crippen molar-refractivity contribution < 1.29 is 19.0 Å². The molecule has 4 aromatic rings. The van der Waals surface area contributed by atoms with Crippen LogP contribution in [-0.2, 0) is 33.3 Å². The van der Waals surface area contributed by atoms with Gasteiger partial charge >= 0.3 is 6.09 Å². The smallest absolute Gasteiger partial charge is 0.410 e. The van der Waals surface area contributed by atoms with Gasteiger partial charge in [-0.05, 0) is 32.9 Å². The highest BCUT2D eigenvalue weighted by Crippen LogP contribution is 2.39. The van der Waals surface area contributed by atoms with E-state index in [4.69, 9.17) is 34.1 Å². The summed E-state index contributed by atoms with van der Waals surface area (Å²) in [5.41, 5.74) is 2.09. The third-order valence-corrected chi connectivity index (χ3v) is 8.17. The van der Waals surface area contributed by atoms with Crippen LogP contribution in [0, 0.1) is 0 Å². The summed E-state index contributed by atoms with van der Waals surface area (Å²) in [6, 6.07) is 8.07. The predicted molar refractivity (Wildman–Crippen MR) is 159 cm³/mol. The molecule has 0 unspecified atom stereocenters. The fraction of sp³-hybridized carbons (Fsp3) is 0.567. The normalized spacial score (nSPS) is 17.8. The number of fused-ring (bicyclic) bond motifs is 2. The Morgan fingerprint density at radius 1 is 1.02 bits per heavy atom. The number of para-hydroxylation sites is 2. The number of morpholine rings is 1. The Kier molecular flexibility index (Phi) is 7.30. The SMILES string of the molecule is CCc1nc2ccccc2n1-c1nc(N2CCOCC2)c2nc(C3(OC)CCN(C(=O)OC(C)(C)C)CC3)n(C)c2n1. The lowest BCUT2D eigenvalue weighted by atomic mass is 9.90. The average Bonchev–Trinajstić information content (AvgIpc) is 3.54. The van der Waals surface area contributed by atoms with Crippen molar-refractivity contribution in [2.75, 3.05) is 51.4 Å². The van der Waals surface area contributed by atoms with Crippen LogP contribution in [0.3, 0.4) is 0 Å². The number of benzene rings is 1. The standard InChI is InChI=1S/C30H40N8O4/c1-7-22-31-20-10-8-9-11-21(20)38(22)27-33-24-23(25(34-27)36-16-18-41-19-17-36)32-26(35(24)5)30(40-6)12-14-37(15-13-30)28(39)42-29(2,3)4/h8-11H,7,12-19H2,1-6H3. The number of ether oxygens (including phenoxy) is 3. The van der Waals surface area contributed by atoms with E-state index in [1.165, 1.54) is 0 Å². The first-order valence-electron chi connectivity index (χ1n) is 14.7. The van der Waals surface area contributed by atoms with Crippen LogP contribution in [0.1, 0.15) is 52.2 Å². The molecule has 0 atom stereocenters. The number of imidazole rings is 2. The lowest BCUT2D eigenvalue weighted by molar-refractivity contribution is -0.0719. The summed E-state index contributed by atoms with van der Waals surface area (Å²) >= 11 is 0. The molecule has 2 aliphatic rings. The van der Waals surface area contributed by atoms with Gasteiger partial charge in [-0.15, -0.1) is 0 Å². The molecule has 1 aromatic carbocycles. The minimum absolute atomic E-state index is 0.304. The number of hydrogen-bond acceptors (Lipinski definition) is 9. The van der Waals surface area contributed by atoms with Crippen molar-refractivity contribution in [2.45, 2.75) is 58.2 Å². The molecule has 0 N–H and O–H groups in total. The zero-order valence-corrected chi connectivity index (χ0v) is 25.4. The molecule has 0 saturated carbocycles. The van der Waals surface area contributed by atoms with Gasteiger partial charge in [-0.25, -0.2) is 14.8 Å². The van der Waals surface area contributed by atoms with E-state index < -0.39 is 11.2 Å². The highest BCUT2D eigenvalue weighted by Gasteiger charge is 2.43. The van der Waals surface area contributed by atoms with Gasteiger partial charge in [0.1, 0.15) is 22.9 Å². The first-order valence-corrected chi connectivity index (χ1v) is 14.7. The summed E-state index contributed by atoms with van der Waals surface area (Å²) in [5, 5.41) is 0. The van der Waals surface area contributed by atoms with Crippen molar-refractivity contribution in [3.63, 3.8) is 0 Å². The van der Waals surface area contributed by atoms with Gasteiger partial charge in [0.05, 0.1) is 24.2 Å². The topological polar surface area (TPSA) is 113 Å². The number of carbonyl (C=O) groups is 1. The minimum atomic E-state index is -0.688. The fourth-order valence-electron chi connectivity index (χ4n) is 5.97. The fourth-order valence-corrected chi connectivity index (χ4v) is 5.97. The molecular weight excluding hydrogens is 536 g/mol. The maximum absolute atomic E-state index is 12.8. The van der Waals surface area contributed by atoms with Gasteiger partial charge in [-0.2, -0.15) is 9.97 Å². The number of amides is 1. The maximum atomic E-state index is 12.8. The van der Waals surface area contributed by atoms with Crippen LogP contribution in [0.4, 0.5) is 10.6 Å². The summed E-state index contributed by atoms with van der Waals surface area (Å²) in [6.07, 6.45) is 1.60. The molecule has 2 saturated heterocycles. The van der Waals surface area contributed by atoms with Crippen LogP contribution < -0.4 is 4.90 Å². The zero-order chi connectivity index (χ0) is 29.6. The van der Waals surface area contributed by atoms with E-state index in [0.29, 0.717) is 58.2 Å². The zero-order valence-electron chi connectivity index (χ0n) is 25.4. The number of carbonyl (C=O) groups excluding carboxylic acids is 1. The Balaban J connectivity index is 1.45. The van der Waals surface area contributed by atoms with E-state index in [1.54, 1.807) is 12.0 Å². The van der Waals surface area contributed by atoms with Crippen molar-refractivity contribution in [3.05, 3.63) is 35.9 Å². The van der Waals surface area contributed by atoms with E-state index in [1.807, 2.05) is 50.6 Å². The van der Waals surface area contributed by atoms with Crippen LogP contribution in [0.25, 0.3) is 28.1 Å². The maximum Gasteiger partial charge on any atom is 0.410 e. The quantitative estimate of drug-likeness (QED) is 0.348. The molecular formula is C30H40N8O4. The van der Waals surface area contributed by atoms with Crippen molar-refractivity contribution in [1.82, 2.24) is 34.0 Å². The number of nitrogens with zero attached hydrogens (tertiary/aromatic N) is 8. The molecule has 2 fully saturated rings. The van der Waals surface area contributed by atoms with Gasteiger partial charge in [-0.1, -0.05) is 19.1 Å². The Bertz CT molecular complexity index is 1610. The van der Waals surface area contributed by atoms with Crippen LogP contribution in [0.2, 0.25) is 0 Å². The van der Waals surface area contributed by atoms with Gasteiger partial charge in [0, 0.05) is 59.6 Å². The van der Waals surface area contributed by atoms with Gasteiger partial charge in [0.2, 0.25) is 5.95 Å². The average molecular weight is 577 g/mol. The molecule has 2 aliphatic heterocycles. The van der Waals surface area contributed by atoms with Crippen molar-refractivity contribution >= 4 is 34.1 Å². The molecule has 3 aromatic heterocycles. The molecule has 6 rings (SSSR count). The molecule has 224 valence electrons. The second-order valence-electron chi connectivity index (χ2n) is 12.0. The Hall–Kier alpha value is -3.77. The Labute approximate surface area is 245 Å². The Morgan fingerprint density at radius 2 is 1.74 bits per heavy atom. The number of aromatic nitrogens is 6. The molecule has 0 spiro atoms. The predicted octanol–water partition coefficient (Wildman–Crippen LogP) is 3.97. The minimum Gasteiger partial charge on any atom is -0.444 e. The molecule has 0 radical (unpaired) electrons. The third-order valence-electron chi connectivity index (χ3n) is 8.17. The number of aryl methyl sites for hydroxylation is 2. The number of hydrogen-bond donors (Lipinski definition) is 0. The lowest BCUT2D eigenvalue weighted by Crippen LogP contribution is -2.48. The van der Waals surface area contributed by atoms with E-state index in [9.17, 15) is 4.79 Å². The van der Waals surface area contributed by atoms with Gasteiger partial charge in [0.15, 0.2) is 17.0 Å². The second kappa shape index (κ2) is 10.8. The van der Waals surface area contributed by atoms with E-state index in [2.05, 4.69) is 22.5 Å². The molecule has 5 heterocycles. The number of rotatable bonds is 5. The first-order chi connectivity index (χ1) is 20.1. The summed E-state index contributed by atoms with van der Waals surface area (Å²) in [5.74, 6) is 3.01. The molecule has 12 heteroatoms. The molecule has 1 amide bonds. The highest BCUT2D eigenvalue weighted by atomic mass is 16.6. The third kappa shape index (κ3) is 4.96. The van der Waals surface area contributed by atoms with Crippen LogP contribution in [-0.4, -0.2) is 92.2 Å². The van der Waals surface area contributed by atoms with Crippen LogP contribution >= 0.6 is 0 Å². The monoisotopic (exact) mass is 576 g/mol. The van der Waals surface area contributed by atoms with E-state index >= 15 is 0 Å². The van der Waals surface area contributed by atoms with E-state index in [-0.39, 0.29) is 6.09 Å². The van der Waals surface area contributed by atoms with Gasteiger partial charge in [0.25, 0.3) is 0 Å². The number of anilines is 1. The summed E-state index contributed by atoms with van der Waals surface area (Å²) in [4.78, 5) is 37.0.